The van der Waals surface area contributed by atoms with Crippen LogP contribution in [0.15, 0.2) is 22.7 Å². The van der Waals surface area contributed by atoms with Gasteiger partial charge in [-0.15, -0.1) is 0 Å². The quantitative estimate of drug-likeness (QED) is 0.887. The van der Waals surface area contributed by atoms with Crippen molar-refractivity contribution >= 4 is 27.6 Å². The molecule has 0 saturated carbocycles. The van der Waals surface area contributed by atoms with E-state index >= 15 is 0 Å². The fourth-order valence-corrected chi connectivity index (χ4v) is 2.96. The van der Waals surface area contributed by atoms with Crippen LogP contribution in [-0.4, -0.2) is 24.2 Å². The molecule has 0 atom stereocenters. The van der Waals surface area contributed by atoms with Gasteiger partial charge < -0.3 is 10.0 Å². The van der Waals surface area contributed by atoms with Gasteiger partial charge in [0.1, 0.15) is 0 Å². The molecule has 1 aliphatic heterocycles. The Morgan fingerprint density at radius 3 is 2.74 bits per heavy atom. The first kappa shape index (κ1) is 14.4. The Labute approximate surface area is 122 Å². The molecule has 1 aromatic rings. The van der Waals surface area contributed by atoms with E-state index in [0.717, 1.165) is 36.1 Å². The van der Waals surface area contributed by atoms with Gasteiger partial charge in [-0.3, -0.25) is 0 Å². The van der Waals surface area contributed by atoms with Gasteiger partial charge in [-0.1, -0.05) is 29.8 Å². The summed E-state index contributed by atoms with van der Waals surface area (Å²) in [6.45, 7) is 6.43. The normalized spacial score (nSPS) is 19.0. The van der Waals surface area contributed by atoms with Gasteiger partial charge in [0, 0.05) is 17.6 Å². The number of carbonyl (C=O) groups is 1. The molecule has 1 aliphatic rings. The molecule has 1 heterocycles. The van der Waals surface area contributed by atoms with Crippen LogP contribution in [0.5, 0.6) is 0 Å². The molecule has 1 saturated heterocycles. The van der Waals surface area contributed by atoms with Crippen LogP contribution in [0.25, 0.3) is 0 Å². The van der Waals surface area contributed by atoms with E-state index in [0.29, 0.717) is 11.0 Å². The number of halogens is 1. The Balaban J connectivity index is 2.30. The molecule has 1 fully saturated rings. The smallest absolute Gasteiger partial charge is 0.337 e. The van der Waals surface area contributed by atoms with Gasteiger partial charge in [-0.05, 0) is 42.9 Å². The van der Waals surface area contributed by atoms with Crippen molar-refractivity contribution in [1.29, 1.82) is 0 Å². The summed E-state index contributed by atoms with van der Waals surface area (Å²) in [5, 5.41) is 9.32. The highest BCUT2D eigenvalue weighted by molar-refractivity contribution is 9.10. The molecule has 1 N–H and O–H groups in total. The first-order valence-electron chi connectivity index (χ1n) is 6.67. The van der Waals surface area contributed by atoms with E-state index in [4.69, 9.17) is 0 Å². The average Bonchev–Trinajstić information content (AvgIpc) is 2.49. The molecule has 0 aliphatic carbocycles. The summed E-state index contributed by atoms with van der Waals surface area (Å²) < 4.78 is 0.927. The minimum absolute atomic E-state index is 0.351. The van der Waals surface area contributed by atoms with Crippen LogP contribution < -0.4 is 4.90 Å². The molecule has 0 aromatic heterocycles. The lowest BCUT2D eigenvalue weighted by Gasteiger charge is -2.26. The van der Waals surface area contributed by atoms with Crippen molar-refractivity contribution in [3.63, 3.8) is 0 Å². The summed E-state index contributed by atoms with van der Waals surface area (Å²) in [4.78, 5) is 13.6. The molecule has 3 nitrogen and oxygen atoms in total. The summed E-state index contributed by atoms with van der Waals surface area (Å²) in [7, 11) is 0. The summed E-state index contributed by atoms with van der Waals surface area (Å²) in [5.74, 6) is -0.856. The van der Waals surface area contributed by atoms with Crippen LogP contribution in [0, 0.1) is 5.41 Å². The first-order valence-corrected chi connectivity index (χ1v) is 7.46. The Morgan fingerprint density at radius 1 is 1.32 bits per heavy atom. The molecule has 2 rings (SSSR count). The molecule has 0 unspecified atom stereocenters. The summed E-state index contributed by atoms with van der Waals surface area (Å²) in [6.07, 6.45) is 3.40. The highest BCUT2D eigenvalue weighted by Crippen LogP contribution is 2.33. The molecular weight excluding hydrogens is 306 g/mol. The highest BCUT2D eigenvalue weighted by atomic mass is 79.9. The third kappa shape index (κ3) is 3.50. The molecule has 0 amide bonds. The monoisotopic (exact) mass is 325 g/mol. The van der Waals surface area contributed by atoms with Crippen LogP contribution in [0.3, 0.4) is 0 Å². The van der Waals surface area contributed by atoms with Gasteiger partial charge in [-0.2, -0.15) is 0 Å². The minimum Gasteiger partial charge on any atom is -0.478 e. The lowest BCUT2D eigenvalue weighted by molar-refractivity contribution is 0.0697. The van der Waals surface area contributed by atoms with Crippen molar-refractivity contribution < 1.29 is 9.90 Å². The molecule has 19 heavy (non-hydrogen) atoms. The van der Waals surface area contributed by atoms with Crippen LogP contribution >= 0.6 is 15.9 Å². The van der Waals surface area contributed by atoms with E-state index in [1.165, 1.54) is 6.42 Å². The predicted molar refractivity (Wildman–Crippen MR) is 80.9 cm³/mol. The van der Waals surface area contributed by atoms with Gasteiger partial charge in [0.15, 0.2) is 0 Å². The second-order valence-electron chi connectivity index (χ2n) is 5.97. The van der Waals surface area contributed by atoms with Crippen LogP contribution in [0.2, 0.25) is 0 Å². The van der Waals surface area contributed by atoms with E-state index < -0.39 is 5.97 Å². The molecule has 0 bridgehead atoms. The molecule has 104 valence electrons. The third-order valence-electron chi connectivity index (χ3n) is 3.87. The third-order valence-corrected chi connectivity index (χ3v) is 4.36. The Bertz CT molecular complexity index is 485. The average molecular weight is 326 g/mol. The number of hydrogen-bond acceptors (Lipinski definition) is 2. The summed E-state index contributed by atoms with van der Waals surface area (Å²) in [6, 6.07) is 5.38. The predicted octanol–water partition coefficient (Wildman–Crippen LogP) is 4.16. The number of aromatic carboxylic acids is 1. The summed E-state index contributed by atoms with van der Waals surface area (Å²) in [5.41, 5.74) is 1.58. The van der Waals surface area contributed by atoms with Crippen molar-refractivity contribution in [2.45, 2.75) is 33.1 Å². The largest absolute Gasteiger partial charge is 0.478 e. The Kier molecular flexibility index (Phi) is 4.19. The first-order chi connectivity index (χ1) is 8.89. The molecule has 1 aromatic carbocycles. The fraction of sp³-hybridized carbons (Fsp3) is 0.533. The molecular formula is C15H20BrNO2. The van der Waals surface area contributed by atoms with Gasteiger partial charge in [0.05, 0.1) is 11.3 Å². The van der Waals surface area contributed by atoms with Crippen LogP contribution in [0.1, 0.15) is 43.5 Å². The number of anilines is 1. The fourth-order valence-electron chi connectivity index (χ4n) is 2.61. The number of nitrogens with zero attached hydrogens (tertiary/aromatic N) is 1. The zero-order valence-corrected chi connectivity index (χ0v) is 13.0. The summed E-state index contributed by atoms with van der Waals surface area (Å²) >= 11 is 3.43. The van der Waals surface area contributed by atoms with E-state index in [-0.39, 0.29) is 0 Å². The second kappa shape index (κ2) is 5.53. The van der Waals surface area contributed by atoms with Gasteiger partial charge >= 0.3 is 5.97 Å². The zero-order valence-electron chi connectivity index (χ0n) is 11.4. The SMILES string of the molecule is CC1(C)CCCN(c2cc(Br)ccc2C(=O)O)CC1. The number of carboxylic acids is 1. The number of carboxylic acid groups (broad SMARTS) is 1. The van der Waals surface area contributed by atoms with Crippen molar-refractivity contribution in [1.82, 2.24) is 0 Å². The molecule has 0 spiro atoms. The van der Waals surface area contributed by atoms with E-state index in [2.05, 4.69) is 34.7 Å². The Morgan fingerprint density at radius 2 is 2.05 bits per heavy atom. The van der Waals surface area contributed by atoms with Crippen molar-refractivity contribution in [2.24, 2.45) is 5.41 Å². The second-order valence-corrected chi connectivity index (χ2v) is 6.89. The maximum absolute atomic E-state index is 11.3. The number of benzene rings is 1. The van der Waals surface area contributed by atoms with Crippen LogP contribution in [-0.2, 0) is 0 Å². The lowest BCUT2D eigenvalue weighted by atomic mass is 9.85. The van der Waals surface area contributed by atoms with Crippen molar-refractivity contribution in [2.75, 3.05) is 18.0 Å². The lowest BCUT2D eigenvalue weighted by Crippen LogP contribution is -2.26. The Hall–Kier alpha value is -1.03. The maximum atomic E-state index is 11.3. The van der Waals surface area contributed by atoms with Gasteiger partial charge in [0.2, 0.25) is 0 Å². The molecule has 0 radical (unpaired) electrons. The standard InChI is InChI=1S/C15H20BrNO2/c1-15(2)6-3-8-17(9-7-15)13-10-11(16)4-5-12(13)14(18)19/h4-5,10H,3,6-9H2,1-2H3,(H,18,19). The minimum atomic E-state index is -0.856. The van der Waals surface area contributed by atoms with Crippen molar-refractivity contribution in [3.8, 4) is 0 Å². The highest BCUT2D eigenvalue weighted by Gasteiger charge is 2.25. The number of rotatable bonds is 2. The van der Waals surface area contributed by atoms with Gasteiger partial charge in [-0.25, -0.2) is 4.79 Å². The van der Waals surface area contributed by atoms with Crippen LogP contribution in [0.4, 0.5) is 5.69 Å². The maximum Gasteiger partial charge on any atom is 0.337 e. The van der Waals surface area contributed by atoms with E-state index in [9.17, 15) is 9.90 Å². The van der Waals surface area contributed by atoms with Gasteiger partial charge in [0.25, 0.3) is 0 Å². The zero-order chi connectivity index (χ0) is 14.0. The molecule has 4 heteroatoms. The van der Waals surface area contributed by atoms with E-state index in [1.807, 2.05) is 6.07 Å². The topological polar surface area (TPSA) is 40.5 Å². The van der Waals surface area contributed by atoms with E-state index in [1.54, 1.807) is 12.1 Å². The number of hydrogen-bond donors (Lipinski definition) is 1. The van der Waals surface area contributed by atoms with Crippen molar-refractivity contribution in [3.05, 3.63) is 28.2 Å².